The number of hydrogen-bond donors (Lipinski definition) is 2. The van der Waals surface area contributed by atoms with Gasteiger partial charge in [-0.05, 0) is 5.92 Å². The lowest BCUT2D eigenvalue weighted by atomic mass is 10.4. The van der Waals surface area contributed by atoms with Crippen LogP contribution >= 0.6 is 0 Å². The van der Waals surface area contributed by atoms with Crippen molar-refractivity contribution in [2.45, 2.75) is 6.42 Å². The van der Waals surface area contributed by atoms with E-state index in [2.05, 4.69) is 11.3 Å². The molecular formula is C8H15BrN2O2. The first-order valence-electron chi connectivity index (χ1n) is 3.71. The molecule has 0 saturated carbocycles. The molecule has 0 spiro atoms. The first kappa shape index (κ1) is 14.9. The molecule has 0 radical (unpaired) electrons. The Morgan fingerprint density at radius 2 is 2.15 bits per heavy atom. The lowest BCUT2D eigenvalue weighted by Crippen LogP contribution is -3.00. The molecule has 0 aliphatic rings. The minimum absolute atomic E-state index is 0. The summed E-state index contributed by atoms with van der Waals surface area (Å²) >= 11 is 0. The van der Waals surface area contributed by atoms with E-state index in [1.54, 1.807) is 0 Å². The van der Waals surface area contributed by atoms with Crippen LogP contribution in [0.3, 0.4) is 0 Å². The van der Waals surface area contributed by atoms with Crippen LogP contribution in [-0.2, 0) is 4.79 Å². The van der Waals surface area contributed by atoms with E-state index >= 15 is 0 Å². The minimum atomic E-state index is -0.803. The van der Waals surface area contributed by atoms with Crippen LogP contribution in [0.5, 0.6) is 0 Å². The van der Waals surface area contributed by atoms with Gasteiger partial charge < -0.3 is 22.1 Å². The molecule has 0 aliphatic heterocycles. The van der Waals surface area contributed by atoms with E-state index in [1.165, 1.54) is 0 Å². The summed E-state index contributed by atoms with van der Waals surface area (Å²) in [6.45, 7) is 0.976. The maximum atomic E-state index is 10.2. The van der Waals surface area contributed by atoms with Crippen LogP contribution in [0.4, 0.5) is 0 Å². The lowest BCUT2D eigenvalue weighted by molar-refractivity contribution is -0.927. The average molecular weight is 251 g/mol. The summed E-state index contributed by atoms with van der Waals surface area (Å²) in [5.41, 5.74) is 3.01. The van der Waals surface area contributed by atoms with E-state index in [0.29, 0.717) is 17.7 Å². The Morgan fingerprint density at radius 3 is 2.54 bits per heavy atom. The van der Waals surface area contributed by atoms with E-state index in [1.807, 2.05) is 14.1 Å². The van der Waals surface area contributed by atoms with Gasteiger partial charge in [-0.25, -0.2) is 4.59 Å². The number of carbonyl (C=O) groups is 1. The number of nitrogens with zero attached hydrogens (tertiary/aromatic N) is 1. The van der Waals surface area contributed by atoms with E-state index in [0.717, 1.165) is 0 Å². The maximum absolute atomic E-state index is 10.2. The first-order valence-corrected chi connectivity index (χ1v) is 3.71. The van der Waals surface area contributed by atoms with E-state index in [4.69, 9.17) is 11.5 Å². The highest BCUT2D eigenvalue weighted by Crippen LogP contribution is 1.88. The number of nitrogens with one attached hydrogen (secondary N) is 1. The zero-order valence-electron chi connectivity index (χ0n) is 7.88. The third-order valence-electron chi connectivity index (χ3n) is 1.37. The van der Waals surface area contributed by atoms with Crippen LogP contribution in [0.25, 0.3) is 0 Å². The van der Waals surface area contributed by atoms with Crippen molar-refractivity contribution in [2.75, 3.05) is 27.2 Å². The quantitative estimate of drug-likeness (QED) is 0.305. The van der Waals surface area contributed by atoms with Crippen molar-refractivity contribution >= 4 is 5.97 Å². The van der Waals surface area contributed by atoms with Gasteiger partial charge in [-0.3, -0.25) is 4.79 Å². The molecule has 0 rings (SSSR count). The molecule has 13 heavy (non-hydrogen) atoms. The number of hydrogen-bond acceptors (Lipinski definition) is 2. The first-order chi connectivity index (χ1) is 5.48. The highest BCUT2D eigenvalue weighted by molar-refractivity contribution is 5.66. The number of carboxylic acids is 1. The Bertz CT molecular complexity index is 199. The second kappa shape index (κ2) is 6.89. The Kier molecular flexibility index (Phi) is 7.92. The van der Waals surface area contributed by atoms with Crippen LogP contribution in [0.1, 0.15) is 6.42 Å². The summed E-state index contributed by atoms with van der Waals surface area (Å²) in [5.74, 6) is 1.71. The molecule has 0 bridgehead atoms. The predicted octanol–water partition coefficient (Wildman–Crippen LogP) is -3.32. The van der Waals surface area contributed by atoms with Crippen LogP contribution in [0.15, 0.2) is 0 Å². The predicted molar refractivity (Wildman–Crippen MR) is 46.1 cm³/mol. The highest BCUT2D eigenvalue weighted by atomic mass is 79.9. The Balaban J connectivity index is 0. The maximum Gasteiger partial charge on any atom is 0.304 e. The Morgan fingerprint density at radius 1 is 1.62 bits per heavy atom. The molecule has 0 unspecified atom stereocenters. The third-order valence-corrected chi connectivity index (χ3v) is 1.37. The molecule has 0 saturated heterocycles. The largest absolute Gasteiger partial charge is 1.00 e. The molecular weight excluding hydrogens is 236 g/mol. The second-order valence-corrected chi connectivity index (χ2v) is 3.10. The van der Waals surface area contributed by atoms with Crippen LogP contribution < -0.4 is 22.4 Å². The average Bonchev–Trinajstić information content (AvgIpc) is 1.85. The number of carboxylic acid groups (broad SMARTS) is 1. The standard InChI is InChI=1S/C8H14N2O2.BrH/c1-4-7-10(2,3)9-6-5-8(11)12;/h1,9H,5-7H2,2-3H3;1H. The Labute approximate surface area is 89.3 Å². The van der Waals surface area contributed by atoms with Gasteiger partial charge in [0.15, 0.2) is 6.54 Å². The van der Waals surface area contributed by atoms with Crippen molar-refractivity contribution in [3.05, 3.63) is 0 Å². The molecule has 0 aromatic heterocycles. The van der Waals surface area contributed by atoms with Crippen LogP contribution in [-0.4, -0.2) is 42.9 Å². The van der Waals surface area contributed by atoms with Crippen molar-refractivity contribution in [2.24, 2.45) is 0 Å². The van der Waals surface area contributed by atoms with Gasteiger partial charge in [0.1, 0.15) is 0 Å². The van der Waals surface area contributed by atoms with Gasteiger partial charge in [0, 0.05) is 0 Å². The Hall–Kier alpha value is -0.570. The van der Waals surface area contributed by atoms with Gasteiger partial charge in [0.25, 0.3) is 0 Å². The summed E-state index contributed by atoms with van der Waals surface area (Å²) in [5, 5.41) is 8.35. The number of quaternary nitrogens is 1. The molecule has 0 aromatic rings. The fraction of sp³-hybridized carbons (Fsp3) is 0.625. The van der Waals surface area contributed by atoms with E-state index in [-0.39, 0.29) is 23.4 Å². The second-order valence-electron chi connectivity index (χ2n) is 3.10. The van der Waals surface area contributed by atoms with Gasteiger partial charge in [0.2, 0.25) is 0 Å². The molecule has 4 nitrogen and oxygen atoms in total. The topological polar surface area (TPSA) is 49.3 Å². The van der Waals surface area contributed by atoms with Crippen molar-refractivity contribution in [3.8, 4) is 12.3 Å². The fourth-order valence-corrected chi connectivity index (χ4v) is 0.750. The number of rotatable bonds is 5. The van der Waals surface area contributed by atoms with Gasteiger partial charge in [-0.1, -0.05) is 0 Å². The summed E-state index contributed by atoms with van der Waals surface area (Å²) in [4.78, 5) is 10.2. The van der Waals surface area contributed by atoms with Gasteiger partial charge in [-0.15, -0.1) is 6.42 Å². The van der Waals surface area contributed by atoms with Crippen molar-refractivity contribution < 1.29 is 31.5 Å². The number of halogens is 1. The number of terminal acetylenes is 1. The summed E-state index contributed by atoms with van der Waals surface area (Å²) in [7, 11) is 3.78. The normalized spacial score (nSPS) is 9.92. The molecule has 0 aromatic carbocycles. The smallest absolute Gasteiger partial charge is 0.304 e. The molecule has 0 aliphatic carbocycles. The van der Waals surface area contributed by atoms with Gasteiger partial charge in [-0.2, -0.15) is 5.43 Å². The van der Waals surface area contributed by atoms with Gasteiger partial charge in [0.05, 0.1) is 27.1 Å². The molecule has 0 amide bonds. The monoisotopic (exact) mass is 250 g/mol. The molecule has 5 heteroatoms. The molecule has 0 heterocycles. The fourth-order valence-electron chi connectivity index (χ4n) is 0.750. The van der Waals surface area contributed by atoms with Crippen molar-refractivity contribution in [1.29, 1.82) is 0 Å². The summed E-state index contributed by atoms with van der Waals surface area (Å²) in [6.07, 6.45) is 5.24. The molecule has 2 N–H and O–H groups in total. The molecule has 0 atom stereocenters. The van der Waals surface area contributed by atoms with E-state index < -0.39 is 5.97 Å². The third kappa shape index (κ3) is 9.34. The van der Waals surface area contributed by atoms with Crippen molar-refractivity contribution in [3.63, 3.8) is 0 Å². The van der Waals surface area contributed by atoms with Crippen molar-refractivity contribution in [1.82, 2.24) is 5.43 Å². The van der Waals surface area contributed by atoms with Gasteiger partial charge >= 0.3 is 5.97 Å². The van der Waals surface area contributed by atoms with Crippen LogP contribution in [0.2, 0.25) is 0 Å². The number of aliphatic carboxylic acids is 1. The zero-order chi connectivity index (χ0) is 9.61. The summed E-state index contributed by atoms with van der Waals surface area (Å²) < 4.78 is 0.448. The van der Waals surface area contributed by atoms with E-state index in [9.17, 15) is 4.79 Å². The SMILES string of the molecule is C#CC[N+](C)(C)NCCC(=O)O.[Br-]. The summed E-state index contributed by atoms with van der Waals surface area (Å²) in [6, 6.07) is 0. The zero-order valence-corrected chi connectivity index (χ0v) is 9.47. The van der Waals surface area contributed by atoms with Crippen LogP contribution in [0, 0.1) is 12.3 Å². The highest BCUT2D eigenvalue weighted by Gasteiger charge is 2.12. The lowest BCUT2D eigenvalue weighted by Gasteiger charge is -2.26. The minimum Gasteiger partial charge on any atom is -1.00 e. The molecule has 0 fully saturated rings. The molecule has 76 valence electrons.